The van der Waals surface area contributed by atoms with E-state index in [1.165, 1.54) is 0 Å². The number of amides is 1. The Morgan fingerprint density at radius 3 is 3.00 bits per heavy atom. The van der Waals surface area contributed by atoms with Gasteiger partial charge in [0.25, 0.3) is 0 Å². The number of hydrogen-bond donors (Lipinski definition) is 2. The van der Waals surface area contributed by atoms with Crippen molar-refractivity contribution in [3.05, 3.63) is 41.2 Å². The van der Waals surface area contributed by atoms with E-state index in [4.69, 9.17) is 22.1 Å². The van der Waals surface area contributed by atoms with Crippen LogP contribution in [-0.4, -0.2) is 34.1 Å². The zero-order valence-corrected chi connectivity index (χ0v) is 12.1. The monoisotopic (exact) mass is 309 g/mol. The number of para-hydroxylation sites is 1. The normalized spacial score (nSPS) is 10.4. The lowest BCUT2D eigenvalue weighted by atomic mass is 10.3. The molecular formula is C13H16ClN5O2. The van der Waals surface area contributed by atoms with Crippen LogP contribution < -0.4 is 15.8 Å². The molecule has 0 aliphatic rings. The molecule has 0 saturated heterocycles. The van der Waals surface area contributed by atoms with Crippen molar-refractivity contribution in [3.63, 3.8) is 0 Å². The van der Waals surface area contributed by atoms with Gasteiger partial charge in [-0.2, -0.15) is 0 Å². The van der Waals surface area contributed by atoms with Gasteiger partial charge in [-0.3, -0.25) is 4.79 Å². The van der Waals surface area contributed by atoms with Crippen molar-refractivity contribution in [2.75, 3.05) is 13.2 Å². The molecule has 0 radical (unpaired) electrons. The third-order valence-corrected chi connectivity index (χ3v) is 2.97. The summed E-state index contributed by atoms with van der Waals surface area (Å²) in [4.78, 5) is 11.0. The molecule has 0 fully saturated rings. The van der Waals surface area contributed by atoms with Crippen molar-refractivity contribution >= 4 is 17.5 Å². The van der Waals surface area contributed by atoms with Crippen LogP contribution in [-0.2, 0) is 17.9 Å². The van der Waals surface area contributed by atoms with E-state index in [9.17, 15) is 4.79 Å². The molecule has 0 saturated carbocycles. The van der Waals surface area contributed by atoms with E-state index in [-0.39, 0.29) is 12.5 Å². The number of halogens is 1. The molecule has 7 nitrogen and oxygen atoms in total. The average Bonchev–Trinajstić information content (AvgIpc) is 2.94. The summed E-state index contributed by atoms with van der Waals surface area (Å²) in [5.74, 6) is 0.404. The maximum absolute atomic E-state index is 11.0. The maximum atomic E-state index is 11.0. The highest BCUT2D eigenvalue weighted by atomic mass is 35.5. The summed E-state index contributed by atoms with van der Waals surface area (Å²) in [6.45, 7) is 1.21. The molecule has 2 aromatic rings. The Balaban J connectivity index is 1.78. The standard InChI is InChI=1S/C13H16ClN5O2/c14-11-3-1-2-4-12(11)21-6-5-19-9-10(17-18-19)8-16-13(20)7-15/h1-4,9H,5-8,15H2,(H,16,20). The number of benzene rings is 1. The van der Waals surface area contributed by atoms with Crippen LogP contribution in [0.1, 0.15) is 5.69 Å². The lowest BCUT2D eigenvalue weighted by molar-refractivity contribution is -0.119. The van der Waals surface area contributed by atoms with Gasteiger partial charge in [-0.1, -0.05) is 28.9 Å². The fourth-order valence-electron chi connectivity index (χ4n) is 1.60. The molecule has 0 spiro atoms. The third kappa shape index (κ3) is 4.73. The van der Waals surface area contributed by atoms with Gasteiger partial charge in [0, 0.05) is 0 Å². The molecule has 0 bridgehead atoms. The van der Waals surface area contributed by atoms with Crippen LogP contribution >= 0.6 is 11.6 Å². The Morgan fingerprint density at radius 2 is 2.24 bits per heavy atom. The first-order valence-electron chi connectivity index (χ1n) is 6.42. The minimum Gasteiger partial charge on any atom is -0.490 e. The van der Waals surface area contributed by atoms with Crippen LogP contribution in [0.15, 0.2) is 30.5 Å². The van der Waals surface area contributed by atoms with Gasteiger partial charge < -0.3 is 15.8 Å². The van der Waals surface area contributed by atoms with Crippen LogP contribution in [0.3, 0.4) is 0 Å². The molecule has 0 atom stereocenters. The predicted octanol–water partition coefficient (Wildman–Crippen LogP) is 0.585. The fraction of sp³-hybridized carbons (Fsp3) is 0.308. The molecule has 0 aliphatic carbocycles. The Kier molecular flexibility index (Phi) is 5.53. The summed E-state index contributed by atoms with van der Waals surface area (Å²) in [6.07, 6.45) is 1.74. The average molecular weight is 310 g/mol. The Hall–Kier alpha value is -2.12. The molecule has 1 amide bonds. The highest BCUT2D eigenvalue weighted by Crippen LogP contribution is 2.22. The number of rotatable bonds is 7. The summed E-state index contributed by atoms with van der Waals surface area (Å²) < 4.78 is 7.20. The molecule has 8 heteroatoms. The van der Waals surface area contributed by atoms with Crippen molar-refractivity contribution < 1.29 is 9.53 Å². The van der Waals surface area contributed by atoms with E-state index >= 15 is 0 Å². The highest BCUT2D eigenvalue weighted by molar-refractivity contribution is 6.32. The van der Waals surface area contributed by atoms with Crippen LogP contribution in [0, 0.1) is 0 Å². The molecule has 0 unspecified atom stereocenters. The van der Waals surface area contributed by atoms with Crippen LogP contribution in [0.4, 0.5) is 0 Å². The SMILES string of the molecule is NCC(=O)NCc1cn(CCOc2ccccc2Cl)nn1. The smallest absolute Gasteiger partial charge is 0.234 e. The topological polar surface area (TPSA) is 95.1 Å². The van der Waals surface area contributed by atoms with Crippen molar-refractivity contribution in [1.29, 1.82) is 0 Å². The first kappa shape index (κ1) is 15.3. The number of carbonyl (C=O) groups is 1. The van der Waals surface area contributed by atoms with Gasteiger partial charge in [0.05, 0.1) is 30.9 Å². The van der Waals surface area contributed by atoms with Crippen molar-refractivity contribution in [2.24, 2.45) is 5.73 Å². The number of nitrogens with two attached hydrogens (primary N) is 1. The number of hydrogen-bond acceptors (Lipinski definition) is 5. The zero-order valence-electron chi connectivity index (χ0n) is 11.3. The summed E-state index contributed by atoms with van der Waals surface area (Å²) in [5.41, 5.74) is 5.86. The molecule has 1 aromatic heterocycles. The summed E-state index contributed by atoms with van der Waals surface area (Å²) in [5, 5.41) is 11.1. The minimum absolute atomic E-state index is 0.0419. The Morgan fingerprint density at radius 1 is 1.43 bits per heavy atom. The van der Waals surface area contributed by atoms with E-state index in [0.29, 0.717) is 36.2 Å². The zero-order chi connectivity index (χ0) is 15.1. The van der Waals surface area contributed by atoms with Gasteiger partial charge in [0.1, 0.15) is 18.1 Å². The molecule has 21 heavy (non-hydrogen) atoms. The van der Waals surface area contributed by atoms with Crippen molar-refractivity contribution in [1.82, 2.24) is 20.3 Å². The summed E-state index contributed by atoms with van der Waals surface area (Å²) >= 11 is 5.98. The van der Waals surface area contributed by atoms with E-state index in [2.05, 4.69) is 15.6 Å². The van der Waals surface area contributed by atoms with Gasteiger partial charge >= 0.3 is 0 Å². The van der Waals surface area contributed by atoms with Gasteiger partial charge in [-0.05, 0) is 12.1 Å². The molecule has 0 aliphatic heterocycles. The second-order valence-electron chi connectivity index (χ2n) is 4.23. The number of nitrogens with one attached hydrogen (secondary N) is 1. The van der Waals surface area contributed by atoms with Gasteiger partial charge in [-0.25, -0.2) is 4.68 Å². The number of ether oxygens (including phenoxy) is 1. The Bertz CT molecular complexity index is 602. The molecule has 3 N–H and O–H groups in total. The number of carbonyl (C=O) groups excluding carboxylic acids is 1. The second kappa shape index (κ2) is 7.61. The maximum Gasteiger partial charge on any atom is 0.234 e. The molecular weight excluding hydrogens is 294 g/mol. The first-order valence-corrected chi connectivity index (χ1v) is 6.80. The number of nitrogens with zero attached hydrogens (tertiary/aromatic N) is 3. The molecule has 2 rings (SSSR count). The quantitative estimate of drug-likeness (QED) is 0.780. The van der Waals surface area contributed by atoms with Crippen molar-refractivity contribution in [3.8, 4) is 5.75 Å². The molecule has 1 aromatic carbocycles. The summed E-state index contributed by atoms with van der Waals surface area (Å²) in [6, 6.07) is 7.27. The van der Waals surface area contributed by atoms with Gasteiger partial charge in [0.2, 0.25) is 5.91 Å². The van der Waals surface area contributed by atoms with E-state index in [1.807, 2.05) is 12.1 Å². The van der Waals surface area contributed by atoms with Crippen LogP contribution in [0.2, 0.25) is 5.02 Å². The van der Waals surface area contributed by atoms with Crippen LogP contribution in [0.5, 0.6) is 5.75 Å². The molecule has 112 valence electrons. The largest absolute Gasteiger partial charge is 0.490 e. The second-order valence-corrected chi connectivity index (χ2v) is 4.64. The Labute approximate surface area is 127 Å². The lowest BCUT2D eigenvalue weighted by Gasteiger charge is -2.07. The van der Waals surface area contributed by atoms with Gasteiger partial charge in [0.15, 0.2) is 0 Å². The van der Waals surface area contributed by atoms with E-state index in [0.717, 1.165) is 0 Å². The summed E-state index contributed by atoms with van der Waals surface area (Å²) in [7, 11) is 0. The van der Waals surface area contributed by atoms with Gasteiger partial charge in [-0.15, -0.1) is 5.10 Å². The highest BCUT2D eigenvalue weighted by Gasteiger charge is 2.04. The third-order valence-electron chi connectivity index (χ3n) is 2.65. The number of aromatic nitrogens is 3. The predicted molar refractivity (Wildman–Crippen MR) is 77.9 cm³/mol. The lowest BCUT2D eigenvalue weighted by Crippen LogP contribution is -2.29. The minimum atomic E-state index is -0.230. The van der Waals surface area contributed by atoms with Crippen molar-refractivity contribution in [2.45, 2.75) is 13.1 Å². The first-order chi connectivity index (χ1) is 10.2. The molecule has 1 heterocycles. The van der Waals surface area contributed by atoms with Crippen LogP contribution in [0.25, 0.3) is 0 Å². The van der Waals surface area contributed by atoms with E-state index < -0.39 is 0 Å². The fourth-order valence-corrected chi connectivity index (χ4v) is 1.79. The van der Waals surface area contributed by atoms with E-state index in [1.54, 1.807) is 23.0 Å².